The molecule has 0 amide bonds. The topological polar surface area (TPSA) is 437 Å². The molecule has 0 spiro atoms. The normalized spacial score (nSPS) is 18.7. The molecule has 14 N–H and O–H groups in total. The van der Waals surface area contributed by atoms with Gasteiger partial charge in [-0.05, 0) is 278 Å². The lowest BCUT2D eigenvalue weighted by molar-refractivity contribution is -0.164. The third kappa shape index (κ3) is 28.6. The number of carboxylic acids is 9. The zero-order chi connectivity index (χ0) is 99.3. The quantitative estimate of drug-likeness (QED) is 0.0267. The number of phenols is 5. The first kappa shape index (κ1) is 104. The van der Waals surface area contributed by atoms with Crippen molar-refractivity contribution in [1.82, 2.24) is 0 Å². The molecule has 12 aromatic carbocycles. The predicted molar refractivity (Wildman–Crippen MR) is 522 cm³/mol. The van der Waals surface area contributed by atoms with Gasteiger partial charge in [0, 0.05) is 23.7 Å². The number of aromatic carboxylic acids is 1. The van der Waals surface area contributed by atoms with Crippen LogP contribution in [0.5, 0.6) is 28.7 Å². The number of carboxylic acid groups (broad SMARTS) is 9. The highest BCUT2D eigenvalue weighted by Gasteiger charge is 2.55. The Morgan fingerprint density at radius 3 is 0.839 bits per heavy atom. The second-order valence-corrected chi connectivity index (χ2v) is 37.6. The molecule has 0 saturated heterocycles. The van der Waals surface area contributed by atoms with Crippen LogP contribution < -0.4 is 0 Å². The van der Waals surface area contributed by atoms with E-state index in [4.69, 9.17) is 35.7 Å². The molecule has 137 heavy (non-hydrogen) atoms. The van der Waals surface area contributed by atoms with Crippen molar-refractivity contribution in [3.05, 3.63) is 377 Å². The number of phenolic OH excluding ortho intramolecular Hbond substituents is 5. The zero-order valence-electron chi connectivity index (χ0n) is 77.4. The summed E-state index contributed by atoms with van der Waals surface area (Å²) in [7, 11) is 0. The molecule has 8 saturated carbocycles. The van der Waals surface area contributed by atoms with Gasteiger partial charge in [0.15, 0.2) is 0 Å². The summed E-state index contributed by atoms with van der Waals surface area (Å²) >= 11 is 0. The number of rotatable bonds is 24. The highest BCUT2D eigenvalue weighted by atomic mass is 16.4. The van der Waals surface area contributed by atoms with Crippen molar-refractivity contribution in [3.8, 4) is 28.7 Å². The van der Waals surface area contributed by atoms with Gasteiger partial charge in [0.1, 0.15) is 39.6 Å². The third-order valence-corrected chi connectivity index (χ3v) is 27.6. The molecule has 0 aliphatic heterocycles. The number of fused-ring (bicyclic) bond motifs is 1. The van der Waals surface area contributed by atoms with Crippen LogP contribution in [-0.2, 0) is 72.9 Å². The summed E-state index contributed by atoms with van der Waals surface area (Å²) in [6, 6.07) is 92.5. The molecule has 23 heteroatoms. The zero-order valence-corrected chi connectivity index (χ0v) is 77.4. The molecule has 8 aliphatic carbocycles. The SMILES string of the molecule is CC(C(=O)O)(c1ccc(O)cc1)c1ccc(O)cc1.CC(C(=O)O)(c1ccccc1)c1ccccc1.CC(CCC(=O)O)(c1ccc(O)cc1)c1ccc(O)cc1.CC(CCC(=O)O)(c1ccccc1)c1ccccc1.O=C(O)C12CC3CC(CC(C3)C1)C2.O=C(O)CC12CC3CC(CC(C3)C1)C2.O=C(O)Cc1ccc(O)cc1.O=C(O)Cc1ccccc1.O=C(O)c1cccc2ccccc12. The molecule has 0 heterocycles. The standard InChI is InChI=1S/C17H18O4.C17H18O2.C15H14O4.C15H14O2.C12H18O2.C11H16O2.C11H8O2.C8H8O3.C8H8O2/c1-17(11-10-16(20)21,12-2-6-14(18)7-3-12)13-4-8-15(19)9-5-13;1-17(13-12-16(18)19,14-8-4-2-5-9-14)15-10-6-3-7-11-15;1-15(14(18)19,10-2-6-12(16)7-3-10)11-4-8-13(17)9-5-11;1-15(14(16)17,12-8-4-2-5-9-12)13-10-6-3-7-11-13;13-11(14)7-12-4-8-1-9(5-12)3-10(2-8)6-12;12-10(13)11-4-7-1-8(5-11)3-9(2-7)6-11;12-11(13)10-7-3-5-8-4-1-2-6-9(8)10;9-7-3-1-6(2-4-7)5-8(10)11;9-8(10)6-7-4-2-1-3-5-7/h2-9,18-19H,10-11H2,1H3,(H,20,21);2-11H,12-13H2,1H3,(H,18,19);2-9,16-17H,1H3,(H,18,19);2-11H,1H3,(H,16,17);8-10H,1-7H2,(H,13,14);7-9H,1-6H2,(H,12,13);1-7H,(H,12,13);1-4,9H,5H2,(H,10,11);1-5H,6H2,(H,9,10). The molecule has 8 bridgehead atoms. The maximum Gasteiger partial charge on any atom is 0.336 e. The van der Waals surface area contributed by atoms with E-state index in [2.05, 4.69) is 31.2 Å². The third-order valence-electron chi connectivity index (χ3n) is 27.6. The summed E-state index contributed by atoms with van der Waals surface area (Å²) in [5.74, 6) is -1.50. The van der Waals surface area contributed by atoms with Crippen molar-refractivity contribution in [1.29, 1.82) is 0 Å². The Morgan fingerprint density at radius 1 is 0.277 bits per heavy atom. The van der Waals surface area contributed by atoms with E-state index in [9.17, 15) is 78.9 Å². The first-order valence-corrected chi connectivity index (χ1v) is 46.0. The van der Waals surface area contributed by atoms with Gasteiger partial charge in [-0.1, -0.05) is 263 Å². The fraction of sp³-hybridized carbons (Fsp3) is 0.307. The van der Waals surface area contributed by atoms with Crippen molar-refractivity contribution in [2.24, 2.45) is 46.3 Å². The Hall–Kier alpha value is -14.9. The minimum absolute atomic E-state index is 0.000278. The second kappa shape index (κ2) is 47.9. The average molecular weight is 1860 g/mol. The number of carbonyl (C=O) groups is 9. The smallest absolute Gasteiger partial charge is 0.336 e. The van der Waals surface area contributed by atoms with Crippen LogP contribution in [0.3, 0.4) is 0 Å². The van der Waals surface area contributed by atoms with Crippen molar-refractivity contribution >= 4 is 64.5 Å². The molecule has 0 radical (unpaired) electrons. The highest BCUT2D eigenvalue weighted by molar-refractivity contribution is 6.03. The number of aromatic hydroxyl groups is 5. The average Bonchev–Trinajstić information content (AvgIpc) is 0.744. The van der Waals surface area contributed by atoms with Crippen LogP contribution in [0.25, 0.3) is 10.8 Å². The molecule has 12 aromatic rings. The van der Waals surface area contributed by atoms with Gasteiger partial charge in [0.2, 0.25) is 0 Å². The summed E-state index contributed by atoms with van der Waals surface area (Å²) in [5.41, 5.74) is 5.69. The fourth-order valence-electron chi connectivity index (χ4n) is 21.0. The monoisotopic (exact) mass is 1860 g/mol. The van der Waals surface area contributed by atoms with Gasteiger partial charge in [-0.2, -0.15) is 0 Å². The van der Waals surface area contributed by atoms with Gasteiger partial charge in [-0.15, -0.1) is 0 Å². The van der Waals surface area contributed by atoms with Gasteiger partial charge in [0.05, 0.1) is 30.2 Å². The molecule has 23 nitrogen and oxygen atoms in total. The molecule has 8 aliphatic rings. The lowest BCUT2D eigenvalue weighted by Crippen LogP contribution is -2.49. The van der Waals surface area contributed by atoms with Gasteiger partial charge >= 0.3 is 53.7 Å². The summed E-state index contributed by atoms with van der Waals surface area (Å²) in [6.07, 6.45) is 16.5. The number of benzene rings is 12. The van der Waals surface area contributed by atoms with Crippen LogP contribution in [0.4, 0.5) is 0 Å². The Balaban J connectivity index is 0.000000160. The Bertz CT molecular complexity index is 5720. The first-order valence-electron chi connectivity index (χ1n) is 46.0. The van der Waals surface area contributed by atoms with E-state index in [0.29, 0.717) is 41.5 Å². The van der Waals surface area contributed by atoms with Gasteiger partial charge < -0.3 is 71.5 Å². The lowest BCUT2D eigenvalue weighted by atomic mass is 9.49. The van der Waals surface area contributed by atoms with E-state index in [0.717, 1.165) is 104 Å². The van der Waals surface area contributed by atoms with Crippen molar-refractivity contribution < 1.29 is 115 Å². The van der Waals surface area contributed by atoms with E-state index in [1.54, 1.807) is 123 Å². The Labute approximate surface area is 797 Å². The number of hydrogen-bond donors (Lipinski definition) is 14. The van der Waals surface area contributed by atoms with E-state index >= 15 is 0 Å². The maximum atomic E-state index is 11.7. The van der Waals surface area contributed by atoms with E-state index < -0.39 is 70.0 Å². The van der Waals surface area contributed by atoms with Crippen LogP contribution >= 0.6 is 0 Å². The second-order valence-electron chi connectivity index (χ2n) is 37.6. The van der Waals surface area contributed by atoms with E-state index in [-0.39, 0.29) is 70.7 Å². The van der Waals surface area contributed by atoms with Gasteiger partial charge in [-0.25, -0.2) is 4.79 Å². The van der Waals surface area contributed by atoms with Crippen molar-refractivity contribution in [2.75, 3.05) is 0 Å². The molecule has 0 atom stereocenters. The Kier molecular flexibility index (Phi) is 36.4. The largest absolute Gasteiger partial charge is 0.508 e. The number of aliphatic carboxylic acids is 8. The first-order chi connectivity index (χ1) is 65.2. The van der Waals surface area contributed by atoms with Crippen LogP contribution in [-0.4, -0.2) is 125 Å². The van der Waals surface area contributed by atoms with Gasteiger partial charge in [0.25, 0.3) is 0 Å². The van der Waals surface area contributed by atoms with E-state index in [1.165, 1.54) is 94.2 Å². The maximum absolute atomic E-state index is 11.7. The minimum atomic E-state index is -1.23. The minimum Gasteiger partial charge on any atom is -0.508 e. The van der Waals surface area contributed by atoms with Crippen molar-refractivity contribution in [3.63, 3.8) is 0 Å². The summed E-state index contributed by atoms with van der Waals surface area (Å²) in [4.78, 5) is 98.4. The molecule has 8 fully saturated rings. The van der Waals surface area contributed by atoms with Crippen molar-refractivity contribution in [2.45, 2.75) is 171 Å². The molecule has 0 aromatic heterocycles. The summed E-state index contributed by atoms with van der Waals surface area (Å²) < 4.78 is 0. The lowest BCUT2D eigenvalue weighted by Gasteiger charge is -2.56. The fourth-order valence-corrected chi connectivity index (χ4v) is 21.0. The number of hydrogen-bond acceptors (Lipinski definition) is 14. The Morgan fingerprint density at radius 2 is 0.540 bits per heavy atom. The molecule has 716 valence electrons. The molecular weight excluding hydrogens is 1740 g/mol. The summed E-state index contributed by atoms with van der Waals surface area (Å²) in [5, 5.41) is 129. The molecule has 0 unspecified atom stereocenters. The molecule has 20 rings (SSSR count). The highest BCUT2D eigenvalue weighted by Crippen LogP contribution is 2.62. The van der Waals surface area contributed by atoms with E-state index in [1.807, 2.05) is 153 Å². The van der Waals surface area contributed by atoms with Crippen LogP contribution in [0.2, 0.25) is 0 Å². The predicted octanol–water partition coefficient (Wildman–Crippen LogP) is 22.5. The van der Waals surface area contributed by atoms with Gasteiger partial charge in [-0.3, -0.25) is 38.4 Å². The summed E-state index contributed by atoms with van der Waals surface area (Å²) in [6.45, 7) is 7.41. The van der Waals surface area contributed by atoms with Crippen LogP contribution in [0.15, 0.2) is 315 Å². The van der Waals surface area contributed by atoms with Crippen LogP contribution in [0.1, 0.15) is 203 Å². The van der Waals surface area contributed by atoms with Crippen LogP contribution in [0, 0.1) is 46.3 Å². The molecular formula is C114H122O23.